The number of nitrogens with zero attached hydrogens (tertiary/aromatic N) is 4. The van der Waals surface area contributed by atoms with E-state index < -0.39 is 0 Å². The molecule has 0 spiro atoms. The molecule has 0 fully saturated rings. The highest BCUT2D eigenvalue weighted by Crippen LogP contribution is 2.40. The maximum absolute atomic E-state index is 5.07. The Balaban J connectivity index is 0.00000221. The van der Waals surface area contributed by atoms with Gasteiger partial charge < -0.3 is 9.13 Å². The van der Waals surface area contributed by atoms with Crippen molar-refractivity contribution in [2.24, 2.45) is 0 Å². The van der Waals surface area contributed by atoms with E-state index in [2.05, 4.69) is 174 Å². The van der Waals surface area contributed by atoms with Crippen LogP contribution in [0.2, 0.25) is 0 Å². The van der Waals surface area contributed by atoms with Crippen LogP contribution in [0.15, 0.2) is 183 Å². The van der Waals surface area contributed by atoms with Crippen LogP contribution in [0.4, 0.5) is 0 Å². The SMILES string of the molecule is C=C/C=C\c1c2c(n(-c3ccc(-c4cc(-c5ccccc5)nc(-c5ccccc5)n4)cc3)c1C)CCC(c1ccc3c4ccccc4n(-c4ccccc4)c3c1)=C2.CC. The average Bonchev–Trinajstić information content (AvgIpc) is 3.79. The van der Waals surface area contributed by atoms with Crippen molar-refractivity contribution in [3.8, 4) is 45.3 Å². The van der Waals surface area contributed by atoms with Gasteiger partial charge in [0.05, 0.1) is 22.4 Å². The Hall–Kier alpha value is -7.30. The zero-order valence-electron chi connectivity index (χ0n) is 33.8. The van der Waals surface area contributed by atoms with Crippen LogP contribution in [0, 0.1) is 6.92 Å². The van der Waals surface area contributed by atoms with Crippen molar-refractivity contribution in [2.45, 2.75) is 33.6 Å². The second-order valence-corrected chi connectivity index (χ2v) is 14.6. The fourth-order valence-corrected chi connectivity index (χ4v) is 8.53. The molecule has 10 rings (SSSR count). The summed E-state index contributed by atoms with van der Waals surface area (Å²) in [5.74, 6) is 0.716. The van der Waals surface area contributed by atoms with Crippen molar-refractivity contribution in [1.29, 1.82) is 0 Å². The first-order valence-electron chi connectivity index (χ1n) is 20.6. The van der Waals surface area contributed by atoms with Gasteiger partial charge in [-0.05, 0) is 79.4 Å². The van der Waals surface area contributed by atoms with Crippen molar-refractivity contribution in [1.82, 2.24) is 19.1 Å². The quantitative estimate of drug-likeness (QED) is 0.145. The summed E-state index contributed by atoms with van der Waals surface area (Å²) < 4.78 is 4.84. The molecule has 0 N–H and O–H groups in total. The molecule has 0 saturated carbocycles. The lowest BCUT2D eigenvalue weighted by atomic mass is 9.90. The minimum atomic E-state index is 0.716. The standard InChI is InChI=1S/C53H40N4.C2H6/c1-3-4-22-44-36(2)56(43-29-25-38(26-30-43)49-35-48(37-16-8-5-9-17-37)54-53(55-49)39-18-10-6-11-19-39)51-32-28-40(33-47(44)51)41-27-31-46-45-23-14-15-24-50(45)57(52(46)34-41)42-20-12-7-13-21-42;1-2/h3-27,29-31,33-35H,1,28,32H2,2H3;1-2H3/b22-4-;. The highest BCUT2D eigenvalue weighted by molar-refractivity contribution is 6.10. The molecule has 1 aliphatic carbocycles. The molecule has 0 atom stereocenters. The summed E-state index contributed by atoms with van der Waals surface area (Å²) in [5.41, 5.74) is 17.3. The molecule has 0 unspecified atom stereocenters. The van der Waals surface area contributed by atoms with Crippen LogP contribution >= 0.6 is 0 Å². The molecule has 0 aliphatic heterocycles. The Kier molecular flexibility index (Phi) is 10.3. The van der Waals surface area contributed by atoms with Crippen molar-refractivity contribution in [2.75, 3.05) is 0 Å². The third kappa shape index (κ3) is 6.93. The second-order valence-electron chi connectivity index (χ2n) is 14.6. The predicted molar refractivity (Wildman–Crippen MR) is 250 cm³/mol. The van der Waals surface area contributed by atoms with Gasteiger partial charge >= 0.3 is 0 Å². The van der Waals surface area contributed by atoms with Gasteiger partial charge in [-0.15, -0.1) is 0 Å². The number of benzene rings is 6. The summed E-state index contributed by atoms with van der Waals surface area (Å²) in [7, 11) is 0. The summed E-state index contributed by atoms with van der Waals surface area (Å²) in [5, 5.41) is 2.54. The first-order valence-corrected chi connectivity index (χ1v) is 20.6. The van der Waals surface area contributed by atoms with Gasteiger partial charge in [-0.25, -0.2) is 9.97 Å². The highest BCUT2D eigenvalue weighted by atomic mass is 15.0. The van der Waals surface area contributed by atoms with E-state index in [0.717, 1.165) is 46.6 Å². The molecule has 3 aromatic heterocycles. The molecule has 0 amide bonds. The van der Waals surface area contributed by atoms with E-state index >= 15 is 0 Å². The monoisotopic (exact) mass is 762 g/mol. The largest absolute Gasteiger partial charge is 0.317 e. The van der Waals surface area contributed by atoms with E-state index in [1.807, 2.05) is 50.3 Å². The van der Waals surface area contributed by atoms with Gasteiger partial charge in [0.25, 0.3) is 0 Å². The number of para-hydroxylation sites is 2. The van der Waals surface area contributed by atoms with Gasteiger partial charge in [0, 0.05) is 61.4 Å². The lowest BCUT2D eigenvalue weighted by molar-refractivity contribution is 0.864. The minimum Gasteiger partial charge on any atom is -0.317 e. The summed E-state index contributed by atoms with van der Waals surface area (Å²) in [4.78, 5) is 10.1. The molecule has 0 saturated heterocycles. The topological polar surface area (TPSA) is 35.6 Å². The highest BCUT2D eigenvalue weighted by Gasteiger charge is 2.24. The summed E-state index contributed by atoms with van der Waals surface area (Å²) in [6.07, 6.45) is 10.4. The molecule has 1 aliphatic rings. The zero-order valence-corrected chi connectivity index (χ0v) is 33.8. The summed E-state index contributed by atoms with van der Waals surface area (Å²) >= 11 is 0. The predicted octanol–water partition coefficient (Wildman–Crippen LogP) is 14.4. The van der Waals surface area contributed by atoms with Crippen LogP contribution in [0.25, 0.3) is 84.8 Å². The molecule has 59 heavy (non-hydrogen) atoms. The maximum atomic E-state index is 5.07. The molecule has 4 heteroatoms. The second kappa shape index (κ2) is 16.3. The van der Waals surface area contributed by atoms with Gasteiger partial charge in [-0.3, -0.25) is 0 Å². The van der Waals surface area contributed by atoms with Crippen molar-refractivity contribution < 1.29 is 0 Å². The number of hydrogen-bond donors (Lipinski definition) is 0. The molecule has 9 aromatic rings. The van der Waals surface area contributed by atoms with Crippen molar-refractivity contribution in [3.63, 3.8) is 0 Å². The van der Waals surface area contributed by atoms with E-state index in [-0.39, 0.29) is 0 Å². The Bertz CT molecular complexity index is 2940. The molecular weight excluding hydrogens is 717 g/mol. The normalized spacial score (nSPS) is 12.3. The molecule has 4 nitrogen and oxygen atoms in total. The Labute approximate surface area is 346 Å². The van der Waals surface area contributed by atoms with Crippen LogP contribution in [0.3, 0.4) is 0 Å². The van der Waals surface area contributed by atoms with E-state index in [0.29, 0.717) is 5.82 Å². The lowest BCUT2D eigenvalue weighted by Crippen LogP contribution is -2.06. The lowest BCUT2D eigenvalue weighted by Gasteiger charge is -2.19. The van der Waals surface area contributed by atoms with E-state index in [1.165, 1.54) is 61.1 Å². The van der Waals surface area contributed by atoms with E-state index in [9.17, 15) is 0 Å². The molecule has 3 heterocycles. The third-order valence-corrected chi connectivity index (χ3v) is 11.3. The first kappa shape index (κ1) is 37.3. The molecule has 6 aromatic carbocycles. The number of hydrogen-bond acceptors (Lipinski definition) is 2. The number of fused-ring (bicyclic) bond motifs is 4. The Morgan fingerprint density at radius 1 is 0.542 bits per heavy atom. The van der Waals surface area contributed by atoms with Gasteiger partial charge in [-0.2, -0.15) is 0 Å². The Morgan fingerprint density at radius 2 is 1.12 bits per heavy atom. The average molecular weight is 763 g/mol. The fraction of sp³-hybridized carbons (Fsp3) is 0.0909. The fourth-order valence-electron chi connectivity index (χ4n) is 8.53. The summed E-state index contributed by atoms with van der Waals surface area (Å²) in [6, 6.07) is 57.9. The number of allylic oxidation sites excluding steroid dienone is 3. The van der Waals surface area contributed by atoms with E-state index in [4.69, 9.17) is 9.97 Å². The number of rotatable bonds is 8. The first-order chi connectivity index (χ1) is 29.1. The maximum Gasteiger partial charge on any atom is 0.160 e. The Morgan fingerprint density at radius 3 is 1.81 bits per heavy atom. The summed E-state index contributed by atoms with van der Waals surface area (Å²) in [6.45, 7) is 10.2. The van der Waals surface area contributed by atoms with Gasteiger partial charge in [-0.1, -0.05) is 160 Å². The van der Waals surface area contributed by atoms with Crippen LogP contribution < -0.4 is 0 Å². The van der Waals surface area contributed by atoms with Crippen molar-refractivity contribution in [3.05, 3.63) is 211 Å². The van der Waals surface area contributed by atoms with Gasteiger partial charge in [0.2, 0.25) is 0 Å². The van der Waals surface area contributed by atoms with Crippen LogP contribution in [0.5, 0.6) is 0 Å². The van der Waals surface area contributed by atoms with Crippen LogP contribution in [-0.4, -0.2) is 19.1 Å². The molecule has 0 bridgehead atoms. The van der Waals surface area contributed by atoms with Crippen LogP contribution in [-0.2, 0) is 6.42 Å². The van der Waals surface area contributed by atoms with Crippen LogP contribution in [0.1, 0.15) is 48.3 Å². The molecule has 286 valence electrons. The van der Waals surface area contributed by atoms with Gasteiger partial charge in [0.1, 0.15) is 0 Å². The smallest absolute Gasteiger partial charge is 0.160 e. The zero-order chi connectivity index (χ0) is 40.3. The van der Waals surface area contributed by atoms with Gasteiger partial charge in [0.15, 0.2) is 5.82 Å². The molecule has 0 radical (unpaired) electrons. The van der Waals surface area contributed by atoms with Crippen molar-refractivity contribution >= 4 is 39.5 Å². The minimum absolute atomic E-state index is 0.716. The number of aromatic nitrogens is 4. The third-order valence-electron chi connectivity index (χ3n) is 11.3. The van der Waals surface area contributed by atoms with E-state index in [1.54, 1.807) is 0 Å². The molecular formula is C55H46N4.